The summed E-state index contributed by atoms with van der Waals surface area (Å²) in [4.78, 5) is 36.2. The van der Waals surface area contributed by atoms with Gasteiger partial charge >= 0.3 is 0 Å². The molecule has 2 fully saturated rings. The summed E-state index contributed by atoms with van der Waals surface area (Å²) >= 11 is 0. The van der Waals surface area contributed by atoms with Gasteiger partial charge in [-0.05, 0) is 18.6 Å². The van der Waals surface area contributed by atoms with Crippen molar-refractivity contribution in [2.24, 2.45) is 5.73 Å². The van der Waals surface area contributed by atoms with E-state index < -0.39 is 17.4 Å². The topological polar surface area (TPSA) is 113 Å². The average molecular weight is 436 g/mol. The zero-order valence-electron chi connectivity index (χ0n) is 18.8. The molecule has 2 saturated heterocycles. The Morgan fingerprint density at radius 2 is 1.94 bits per heavy atom. The van der Waals surface area contributed by atoms with Crippen molar-refractivity contribution in [1.29, 1.82) is 0 Å². The molecule has 1 aromatic heterocycles. The Hall–Kier alpha value is -3.44. The van der Waals surface area contributed by atoms with E-state index in [1.54, 1.807) is 31.3 Å². The summed E-state index contributed by atoms with van der Waals surface area (Å²) in [7, 11) is 1.64. The molecule has 2 aliphatic heterocycles. The minimum Gasteiger partial charge on any atom is -0.369 e. The van der Waals surface area contributed by atoms with Gasteiger partial charge in [-0.1, -0.05) is 44.2 Å². The third kappa shape index (κ3) is 5.06. The number of rotatable bonds is 3. The van der Waals surface area contributed by atoms with Gasteiger partial charge in [0.05, 0.1) is 0 Å². The van der Waals surface area contributed by atoms with E-state index in [1.165, 1.54) is 11.3 Å². The van der Waals surface area contributed by atoms with Crippen LogP contribution in [-0.2, 0) is 4.79 Å². The molecule has 168 valence electrons. The molecular weight excluding hydrogens is 406 g/mol. The number of benzene rings is 1. The first-order valence-corrected chi connectivity index (χ1v) is 10.8. The Labute approximate surface area is 188 Å². The average Bonchev–Trinajstić information content (AvgIpc) is 2.99. The van der Waals surface area contributed by atoms with E-state index in [-0.39, 0.29) is 12.1 Å². The van der Waals surface area contributed by atoms with Crippen molar-refractivity contribution in [3.05, 3.63) is 41.6 Å². The van der Waals surface area contributed by atoms with Gasteiger partial charge in [0.15, 0.2) is 5.82 Å². The summed E-state index contributed by atoms with van der Waals surface area (Å²) in [6.07, 6.45) is 2.60. The van der Waals surface area contributed by atoms with Gasteiger partial charge in [-0.3, -0.25) is 9.59 Å². The second-order valence-corrected chi connectivity index (χ2v) is 8.01. The summed E-state index contributed by atoms with van der Waals surface area (Å²) in [5, 5.41) is 10.5. The van der Waals surface area contributed by atoms with Crippen LogP contribution in [0.1, 0.15) is 49.2 Å². The molecule has 3 heterocycles. The number of aromatic nitrogens is 2. The summed E-state index contributed by atoms with van der Waals surface area (Å²) in [6.45, 7) is 6.47. The number of likely N-dealkylation sites (N-methyl/N-ethyl adjacent to an activating group) is 1. The zero-order chi connectivity index (χ0) is 23.3. The second-order valence-electron chi connectivity index (χ2n) is 8.01. The van der Waals surface area contributed by atoms with Gasteiger partial charge in [-0.25, -0.2) is 9.97 Å². The Bertz CT molecular complexity index is 1070. The fourth-order valence-electron chi connectivity index (χ4n) is 3.28. The van der Waals surface area contributed by atoms with Crippen LogP contribution in [0.2, 0.25) is 0 Å². The number of amides is 2. The molecule has 0 bridgehead atoms. The van der Waals surface area contributed by atoms with Crippen LogP contribution >= 0.6 is 0 Å². The summed E-state index contributed by atoms with van der Waals surface area (Å²) in [5.74, 6) is 5.62. The van der Waals surface area contributed by atoms with E-state index >= 15 is 0 Å². The molecule has 1 atom stereocenters. The van der Waals surface area contributed by atoms with Crippen molar-refractivity contribution in [1.82, 2.24) is 14.9 Å². The highest BCUT2D eigenvalue weighted by molar-refractivity contribution is 5.92. The molecule has 8 heteroatoms. The predicted molar refractivity (Wildman–Crippen MR) is 123 cm³/mol. The summed E-state index contributed by atoms with van der Waals surface area (Å²) in [6, 6.07) is 8.74. The van der Waals surface area contributed by atoms with Crippen molar-refractivity contribution in [2.75, 3.05) is 31.6 Å². The molecule has 2 amide bonds. The number of primary amides is 1. The maximum absolute atomic E-state index is 12.1. The van der Waals surface area contributed by atoms with E-state index in [1.807, 2.05) is 6.07 Å². The lowest BCUT2D eigenvalue weighted by atomic mass is 10.0. The molecule has 0 spiro atoms. The van der Waals surface area contributed by atoms with Crippen LogP contribution < -0.4 is 10.6 Å². The molecule has 2 aromatic rings. The maximum Gasteiger partial charge on any atom is 0.267 e. The minimum atomic E-state index is -1.65. The fourth-order valence-corrected chi connectivity index (χ4v) is 3.28. The van der Waals surface area contributed by atoms with Crippen LogP contribution in [-0.4, -0.2) is 64.1 Å². The van der Waals surface area contributed by atoms with Crippen LogP contribution in [0.3, 0.4) is 0 Å². The minimum absolute atomic E-state index is 0.155. The van der Waals surface area contributed by atoms with Gasteiger partial charge in [0.1, 0.15) is 11.5 Å². The predicted octanol–water partition coefficient (Wildman–Crippen LogP) is 1.81. The van der Waals surface area contributed by atoms with Crippen LogP contribution in [0, 0.1) is 11.8 Å². The molecular formula is C24H29N5O3. The molecule has 32 heavy (non-hydrogen) atoms. The van der Waals surface area contributed by atoms with Gasteiger partial charge in [-0.15, -0.1) is 0 Å². The molecule has 4 rings (SSSR count). The first-order valence-electron chi connectivity index (χ1n) is 10.8. The van der Waals surface area contributed by atoms with Crippen LogP contribution in [0.5, 0.6) is 0 Å². The number of carbonyl (C=O) groups excluding carboxylic acids is 2. The number of nitrogens with two attached hydrogens (primary N) is 1. The highest BCUT2D eigenvalue weighted by Crippen LogP contribution is 2.24. The van der Waals surface area contributed by atoms with Crippen molar-refractivity contribution in [3.8, 4) is 23.2 Å². The van der Waals surface area contributed by atoms with Crippen molar-refractivity contribution < 1.29 is 14.7 Å². The number of hydrogen-bond acceptors (Lipinski definition) is 6. The smallest absolute Gasteiger partial charge is 0.267 e. The van der Waals surface area contributed by atoms with Crippen LogP contribution in [0.4, 0.5) is 5.82 Å². The maximum atomic E-state index is 12.1. The van der Waals surface area contributed by atoms with Gasteiger partial charge in [0, 0.05) is 50.3 Å². The molecule has 8 nitrogen and oxygen atoms in total. The SMILES string of the molecule is CCC.CN1CC[C@@](O)(C#Cc2cccc(-c3nc(C(N)=O)cc(N4CCC4)n3)c2)C1=O. The van der Waals surface area contributed by atoms with E-state index in [0.29, 0.717) is 29.3 Å². The lowest BCUT2D eigenvalue weighted by Gasteiger charge is -2.32. The Balaban J connectivity index is 0.000000913. The van der Waals surface area contributed by atoms with Gasteiger partial charge in [-0.2, -0.15) is 0 Å². The van der Waals surface area contributed by atoms with Crippen molar-refractivity contribution in [3.63, 3.8) is 0 Å². The number of likely N-dealkylation sites (tertiary alicyclic amines) is 1. The monoisotopic (exact) mass is 435 g/mol. The number of aliphatic hydroxyl groups is 1. The van der Waals surface area contributed by atoms with Crippen LogP contribution in [0.25, 0.3) is 11.4 Å². The zero-order valence-corrected chi connectivity index (χ0v) is 18.8. The standard InChI is InChI=1S/C21H21N5O3.C3H8/c1-25-11-8-21(29,20(25)28)7-6-14-4-2-5-15(12-14)19-23-16(18(22)27)13-17(24-19)26-9-3-10-26;1-3-2/h2,4-5,12-13,29H,3,8-11H2,1H3,(H2,22,27);3H2,1-2H3/t21-;/m0./s1. The van der Waals surface area contributed by atoms with Crippen LogP contribution in [0.15, 0.2) is 30.3 Å². The first-order chi connectivity index (χ1) is 15.3. The largest absolute Gasteiger partial charge is 0.369 e. The lowest BCUT2D eigenvalue weighted by molar-refractivity contribution is -0.137. The van der Waals surface area contributed by atoms with E-state index in [4.69, 9.17) is 5.73 Å². The van der Waals surface area contributed by atoms with Crippen molar-refractivity contribution >= 4 is 17.6 Å². The van der Waals surface area contributed by atoms with Gasteiger partial charge < -0.3 is 20.6 Å². The molecule has 0 aliphatic carbocycles. The molecule has 3 N–H and O–H groups in total. The molecule has 0 radical (unpaired) electrons. The molecule has 2 aliphatic rings. The lowest BCUT2D eigenvalue weighted by Crippen LogP contribution is -2.38. The number of nitrogens with zero attached hydrogens (tertiary/aromatic N) is 4. The fraction of sp³-hybridized carbons (Fsp3) is 0.417. The van der Waals surface area contributed by atoms with Gasteiger partial charge in [0.2, 0.25) is 5.60 Å². The number of carbonyl (C=O) groups is 2. The quantitative estimate of drug-likeness (QED) is 0.711. The third-order valence-corrected chi connectivity index (χ3v) is 5.19. The van der Waals surface area contributed by atoms with E-state index in [9.17, 15) is 14.7 Å². The third-order valence-electron chi connectivity index (χ3n) is 5.19. The Kier molecular flexibility index (Phi) is 7.11. The number of hydrogen-bond donors (Lipinski definition) is 2. The van der Waals surface area contributed by atoms with E-state index in [2.05, 4.69) is 40.6 Å². The summed E-state index contributed by atoms with van der Waals surface area (Å²) < 4.78 is 0. The second kappa shape index (κ2) is 9.79. The molecule has 1 aromatic carbocycles. The summed E-state index contributed by atoms with van der Waals surface area (Å²) in [5.41, 5.74) is 5.22. The molecule has 0 unspecified atom stereocenters. The normalized spacial score (nSPS) is 19.4. The highest BCUT2D eigenvalue weighted by atomic mass is 16.3. The Morgan fingerprint density at radius 3 is 2.50 bits per heavy atom. The van der Waals surface area contributed by atoms with Gasteiger partial charge in [0.25, 0.3) is 11.8 Å². The van der Waals surface area contributed by atoms with E-state index in [0.717, 1.165) is 19.5 Å². The Morgan fingerprint density at radius 1 is 1.22 bits per heavy atom. The number of anilines is 1. The highest BCUT2D eigenvalue weighted by Gasteiger charge is 2.42. The first kappa shape index (κ1) is 23.2. The molecule has 0 saturated carbocycles. The van der Waals surface area contributed by atoms with Crippen molar-refractivity contribution in [2.45, 2.75) is 38.7 Å².